The number of halogens is 2. The van der Waals surface area contributed by atoms with Crippen LogP contribution in [0.2, 0.25) is 0 Å². The third kappa shape index (κ3) is 3.27. The van der Waals surface area contributed by atoms with E-state index in [2.05, 4.69) is 5.32 Å². The fourth-order valence-electron chi connectivity index (χ4n) is 5.68. The molecule has 2 fully saturated rings. The number of rotatable bonds is 3. The maximum atomic E-state index is 14.7. The van der Waals surface area contributed by atoms with E-state index >= 15 is 0 Å². The van der Waals surface area contributed by atoms with E-state index in [-0.39, 0.29) is 17.5 Å². The predicted molar refractivity (Wildman–Crippen MR) is 125 cm³/mol. The smallest absolute Gasteiger partial charge is 0.399 e. The average molecular weight is 453 g/mol. The van der Waals surface area contributed by atoms with Crippen molar-refractivity contribution >= 4 is 24.2 Å². The molecule has 174 valence electrons. The van der Waals surface area contributed by atoms with Crippen molar-refractivity contribution < 1.29 is 22.9 Å². The number of nitrogens with one attached hydrogen (secondary N) is 1. The maximum absolute atomic E-state index is 14.7. The predicted octanol–water partition coefficient (Wildman–Crippen LogP) is 5.08. The van der Waals surface area contributed by atoms with Crippen molar-refractivity contribution in [1.29, 1.82) is 0 Å². The molecule has 0 spiro atoms. The van der Waals surface area contributed by atoms with Crippen molar-refractivity contribution in [2.45, 2.75) is 76.4 Å². The second-order valence-electron chi connectivity index (χ2n) is 10.6. The summed E-state index contributed by atoms with van der Waals surface area (Å²) in [6.07, 6.45) is 4.89. The van der Waals surface area contributed by atoms with E-state index in [4.69, 9.17) is 9.31 Å². The Hall–Kier alpha value is -2.25. The molecule has 33 heavy (non-hydrogen) atoms. The Morgan fingerprint density at radius 2 is 1.52 bits per heavy atom. The first-order valence-corrected chi connectivity index (χ1v) is 11.8. The highest BCUT2D eigenvalue weighted by atomic mass is 19.2. The van der Waals surface area contributed by atoms with Crippen molar-refractivity contribution in [1.82, 2.24) is 0 Å². The number of hydrogen-bond donors (Lipinski definition) is 1. The van der Waals surface area contributed by atoms with Gasteiger partial charge in [0, 0.05) is 0 Å². The number of anilines is 1. The summed E-state index contributed by atoms with van der Waals surface area (Å²) in [7, 11) is -0.508. The molecule has 7 heteroatoms. The van der Waals surface area contributed by atoms with Gasteiger partial charge in [-0.15, -0.1) is 0 Å². The largest absolute Gasteiger partial charge is 0.494 e. The van der Waals surface area contributed by atoms with Gasteiger partial charge in [-0.05, 0) is 69.1 Å². The van der Waals surface area contributed by atoms with E-state index in [1.165, 1.54) is 0 Å². The van der Waals surface area contributed by atoms with Crippen molar-refractivity contribution in [2.75, 3.05) is 5.32 Å². The lowest BCUT2D eigenvalue weighted by molar-refractivity contribution is -0.121. The van der Waals surface area contributed by atoms with Gasteiger partial charge < -0.3 is 14.6 Å². The molecule has 1 saturated carbocycles. The molecule has 3 aliphatic rings. The first-order valence-electron chi connectivity index (χ1n) is 11.8. The van der Waals surface area contributed by atoms with Crippen molar-refractivity contribution in [3.63, 3.8) is 0 Å². The molecular formula is C26H30BF2NO3. The molecular weight excluding hydrogens is 423 g/mol. The van der Waals surface area contributed by atoms with Crippen LogP contribution in [0.3, 0.4) is 0 Å². The second-order valence-corrected chi connectivity index (χ2v) is 10.6. The van der Waals surface area contributed by atoms with Gasteiger partial charge >= 0.3 is 7.12 Å². The number of amides is 1. The summed E-state index contributed by atoms with van der Waals surface area (Å²) >= 11 is 0. The normalized spacial score (nSPS) is 26.4. The summed E-state index contributed by atoms with van der Waals surface area (Å²) in [4.78, 5) is 13.6. The molecule has 1 atom stereocenters. The molecule has 0 aromatic heterocycles. The van der Waals surface area contributed by atoms with Gasteiger partial charge in [0.15, 0.2) is 11.6 Å². The maximum Gasteiger partial charge on any atom is 0.494 e. The number of fused-ring (bicyclic) bond motifs is 1. The third-order valence-electron chi connectivity index (χ3n) is 8.23. The molecule has 1 amide bonds. The monoisotopic (exact) mass is 453 g/mol. The van der Waals surface area contributed by atoms with Crippen LogP contribution in [-0.4, -0.2) is 24.2 Å². The fraction of sp³-hybridized carbons (Fsp3) is 0.500. The van der Waals surface area contributed by atoms with Gasteiger partial charge in [-0.1, -0.05) is 49.6 Å². The number of hydrogen-bond acceptors (Lipinski definition) is 3. The Morgan fingerprint density at radius 3 is 2.12 bits per heavy atom. The Bertz CT molecular complexity index is 1080. The Labute approximate surface area is 194 Å². The number of benzene rings is 2. The van der Waals surface area contributed by atoms with E-state index in [0.717, 1.165) is 49.2 Å². The van der Waals surface area contributed by atoms with Crippen molar-refractivity contribution in [3.05, 3.63) is 59.2 Å². The van der Waals surface area contributed by atoms with Crippen LogP contribution in [0.4, 0.5) is 14.5 Å². The van der Waals surface area contributed by atoms with E-state index in [0.29, 0.717) is 5.56 Å². The summed E-state index contributed by atoms with van der Waals surface area (Å²) in [5.41, 5.74) is 0.204. The van der Waals surface area contributed by atoms with Gasteiger partial charge in [-0.3, -0.25) is 4.79 Å². The Kier molecular flexibility index (Phi) is 5.22. The fourth-order valence-corrected chi connectivity index (χ4v) is 5.68. The standard InChI is InChI=1S/C26H30BF2NO3/c1-24(2)25(3,4)33-27(32-24)18-12-10-17(11-13-18)26(16-8-6-5-7-9-16)19-14-15-20(28)21(29)22(19)30-23(26)31/h10-16H,5-9H2,1-4H3,(H,30,31). The summed E-state index contributed by atoms with van der Waals surface area (Å²) in [5.74, 6) is -2.21. The quantitative estimate of drug-likeness (QED) is 0.660. The highest BCUT2D eigenvalue weighted by Crippen LogP contribution is 2.52. The van der Waals surface area contributed by atoms with E-state index in [1.54, 1.807) is 6.07 Å². The van der Waals surface area contributed by atoms with Crippen molar-refractivity contribution in [3.8, 4) is 0 Å². The molecule has 1 N–H and O–H groups in total. The van der Waals surface area contributed by atoms with Crippen LogP contribution in [0.5, 0.6) is 0 Å². The highest BCUT2D eigenvalue weighted by molar-refractivity contribution is 6.62. The molecule has 1 aliphatic carbocycles. The number of carbonyl (C=O) groups excluding carboxylic acids is 1. The van der Waals surface area contributed by atoms with Gasteiger partial charge in [-0.2, -0.15) is 0 Å². The third-order valence-corrected chi connectivity index (χ3v) is 8.23. The summed E-state index contributed by atoms with van der Waals surface area (Å²) in [6, 6.07) is 10.4. The Balaban J connectivity index is 1.59. The highest BCUT2D eigenvalue weighted by Gasteiger charge is 2.55. The number of carbonyl (C=O) groups is 1. The van der Waals surface area contributed by atoms with Crippen LogP contribution in [0.15, 0.2) is 36.4 Å². The molecule has 4 nitrogen and oxygen atoms in total. The molecule has 2 aromatic rings. The topological polar surface area (TPSA) is 47.6 Å². The summed E-state index contributed by atoms with van der Waals surface area (Å²) in [5, 5.41) is 2.68. The molecule has 0 bridgehead atoms. The first-order chi connectivity index (χ1) is 15.6. The van der Waals surface area contributed by atoms with Crippen LogP contribution in [-0.2, 0) is 19.5 Å². The van der Waals surface area contributed by atoms with Crippen LogP contribution in [0.1, 0.15) is 70.9 Å². The Morgan fingerprint density at radius 1 is 0.909 bits per heavy atom. The van der Waals surface area contributed by atoms with Crippen LogP contribution >= 0.6 is 0 Å². The zero-order chi connectivity index (χ0) is 23.6. The van der Waals surface area contributed by atoms with Gasteiger partial charge in [0.25, 0.3) is 0 Å². The minimum absolute atomic E-state index is 0.0139. The van der Waals surface area contributed by atoms with Crippen molar-refractivity contribution in [2.24, 2.45) is 5.92 Å². The summed E-state index contributed by atoms with van der Waals surface area (Å²) < 4.78 is 41.0. The molecule has 2 heterocycles. The molecule has 1 unspecified atom stereocenters. The van der Waals surface area contributed by atoms with Gasteiger partial charge in [0.05, 0.1) is 16.9 Å². The first kappa shape index (κ1) is 22.5. The van der Waals surface area contributed by atoms with Crippen LogP contribution < -0.4 is 10.8 Å². The van der Waals surface area contributed by atoms with E-state index in [1.807, 2.05) is 52.0 Å². The zero-order valence-corrected chi connectivity index (χ0v) is 19.6. The van der Waals surface area contributed by atoms with Gasteiger partial charge in [0.1, 0.15) is 5.41 Å². The van der Waals surface area contributed by atoms with Gasteiger partial charge in [0.2, 0.25) is 5.91 Å². The minimum Gasteiger partial charge on any atom is -0.399 e. The average Bonchev–Trinajstić information content (AvgIpc) is 3.21. The molecule has 2 aliphatic heterocycles. The molecule has 5 rings (SSSR count). The summed E-state index contributed by atoms with van der Waals surface area (Å²) in [6.45, 7) is 8.03. The lowest BCUT2D eigenvalue weighted by atomic mass is 9.61. The second kappa shape index (κ2) is 7.64. The van der Waals surface area contributed by atoms with Crippen LogP contribution in [0, 0.1) is 17.6 Å². The minimum atomic E-state index is -1.04. The molecule has 2 aromatic carbocycles. The lowest BCUT2D eigenvalue weighted by Crippen LogP contribution is -2.44. The lowest BCUT2D eigenvalue weighted by Gasteiger charge is -2.39. The van der Waals surface area contributed by atoms with Gasteiger partial charge in [-0.25, -0.2) is 8.78 Å². The van der Waals surface area contributed by atoms with Crippen LogP contribution in [0.25, 0.3) is 0 Å². The molecule has 0 radical (unpaired) electrons. The SMILES string of the molecule is CC1(C)OB(c2ccc(C3(C4CCCCC4)C(=O)Nc4c3ccc(F)c4F)cc2)OC1(C)C. The zero-order valence-electron chi connectivity index (χ0n) is 19.6. The van der Waals surface area contributed by atoms with E-state index in [9.17, 15) is 13.6 Å². The van der Waals surface area contributed by atoms with E-state index < -0.39 is 35.4 Å². The molecule has 1 saturated heterocycles.